The molecule has 1 heterocycles. The molecule has 0 aliphatic rings. The summed E-state index contributed by atoms with van der Waals surface area (Å²) < 4.78 is 2.22. The molecule has 0 bridgehead atoms. The third-order valence-electron chi connectivity index (χ3n) is 5.09. The summed E-state index contributed by atoms with van der Waals surface area (Å²) in [6.45, 7) is 2.91. The van der Waals surface area contributed by atoms with Crippen molar-refractivity contribution in [3.05, 3.63) is 106 Å². The first-order valence-electron chi connectivity index (χ1n) is 9.79. The molecule has 0 radical (unpaired) electrons. The molecule has 1 aromatic heterocycles. The quantitative estimate of drug-likeness (QED) is 0.335. The number of benzene rings is 3. The van der Waals surface area contributed by atoms with E-state index in [1.54, 1.807) is 18.3 Å². The van der Waals surface area contributed by atoms with Crippen LogP contribution < -0.4 is 5.43 Å². The number of nitrogens with zero attached hydrogens (tertiary/aromatic N) is 2. The van der Waals surface area contributed by atoms with Gasteiger partial charge in [0.2, 0.25) is 5.91 Å². The van der Waals surface area contributed by atoms with Crippen LogP contribution >= 0.6 is 11.6 Å². The lowest BCUT2D eigenvalue weighted by Gasteiger charge is -2.08. The number of fused-ring (bicyclic) bond motifs is 1. The molecule has 1 N–H and O–H groups in total. The molecule has 150 valence electrons. The van der Waals surface area contributed by atoms with Crippen LogP contribution in [-0.4, -0.2) is 16.7 Å². The minimum atomic E-state index is -0.169. The van der Waals surface area contributed by atoms with Gasteiger partial charge in [-0.05, 0) is 41.8 Å². The summed E-state index contributed by atoms with van der Waals surface area (Å²) in [5, 5.41) is 5.93. The highest BCUT2D eigenvalue weighted by atomic mass is 35.5. The number of halogens is 1. The van der Waals surface area contributed by atoms with Crippen LogP contribution in [0.3, 0.4) is 0 Å². The molecule has 5 heteroatoms. The molecule has 0 aliphatic heterocycles. The molecule has 0 fully saturated rings. The summed E-state index contributed by atoms with van der Waals surface area (Å²) in [5.74, 6) is -0.169. The number of hydrogen-bond donors (Lipinski definition) is 1. The van der Waals surface area contributed by atoms with E-state index in [0.717, 1.165) is 28.6 Å². The molecular formula is C25H22ClN3O. The Morgan fingerprint density at radius 3 is 2.57 bits per heavy atom. The lowest BCUT2D eigenvalue weighted by atomic mass is 10.1. The number of para-hydroxylation sites is 1. The molecular weight excluding hydrogens is 394 g/mol. The van der Waals surface area contributed by atoms with Gasteiger partial charge in [0.1, 0.15) is 0 Å². The molecule has 0 spiro atoms. The zero-order valence-corrected chi connectivity index (χ0v) is 17.4. The predicted molar refractivity (Wildman–Crippen MR) is 123 cm³/mol. The van der Waals surface area contributed by atoms with Crippen molar-refractivity contribution in [3.63, 3.8) is 0 Å². The largest absolute Gasteiger partial charge is 0.342 e. The van der Waals surface area contributed by atoms with Gasteiger partial charge < -0.3 is 4.57 Å². The van der Waals surface area contributed by atoms with Crippen LogP contribution in [0.25, 0.3) is 10.9 Å². The van der Waals surface area contributed by atoms with Crippen molar-refractivity contribution in [2.45, 2.75) is 19.9 Å². The van der Waals surface area contributed by atoms with Crippen molar-refractivity contribution in [2.24, 2.45) is 5.10 Å². The first-order chi connectivity index (χ1) is 14.6. The summed E-state index contributed by atoms with van der Waals surface area (Å²) in [6.07, 6.45) is 4.03. The second kappa shape index (κ2) is 8.97. The van der Waals surface area contributed by atoms with E-state index in [4.69, 9.17) is 11.6 Å². The van der Waals surface area contributed by atoms with Crippen molar-refractivity contribution < 1.29 is 4.79 Å². The fourth-order valence-electron chi connectivity index (χ4n) is 3.48. The van der Waals surface area contributed by atoms with Gasteiger partial charge in [0.05, 0.1) is 12.6 Å². The van der Waals surface area contributed by atoms with Crippen molar-refractivity contribution in [2.75, 3.05) is 0 Å². The summed E-state index contributed by atoms with van der Waals surface area (Å²) in [7, 11) is 0. The lowest BCUT2D eigenvalue weighted by Crippen LogP contribution is -2.19. The molecule has 0 atom stereocenters. The second-order valence-electron chi connectivity index (χ2n) is 7.25. The standard InChI is InChI=1S/C25H22ClN3O/c1-18-6-2-3-7-20(18)16-29-17-21(23-8-4-5-9-24(23)29)15-27-28-25(30)14-19-10-12-22(26)13-11-19/h2-13,15,17H,14,16H2,1H3,(H,28,30)/b27-15-. The zero-order chi connectivity index (χ0) is 20.9. The van der Waals surface area contributed by atoms with E-state index in [1.165, 1.54) is 11.1 Å². The molecule has 0 unspecified atom stereocenters. The molecule has 0 saturated carbocycles. The normalized spacial score (nSPS) is 11.3. The molecule has 4 nitrogen and oxygen atoms in total. The molecule has 3 aromatic carbocycles. The van der Waals surface area contributed by atoms with E-state index in [2.05, 4.69) is 64.6 Å². The van der Waals surface area contributed by atoms with Crippen LogP contribution in [0.5, 0.6) is 0 Å². The van der Waals surface area contributed by atoms with Crippen LogP contribution in [0, 0.1) is 6.92 Å². The van der Waals surface area contributed by atoms with Gasteiger partial charge >= 0.3 is 0 Å². The number of aromatic nitrogens is 1. The molecule has 30 heavy (non-hydrogen) atoms. The Kier molecular flexibility index (Phi) is 5.96. The lowest BCUT2D eigenvalue weighted by molar-refractivity contribution is -0.120. The van der Waals surface area contributed by atoms with Gasteiger partial charge in [0.25, 0.3) is 0 Å². The van der Waals surface area contributed by atoms with Crippen molar-refractivity contribution in [3.8, 4) is 0 Å². The van der Waals surface area contributed by atoms with E-state index < -0.39 is 0 Å². The highest BCUT2D eigenvalue weighted by Crippen LogP contribution is 2.22. The number of rotatable bonds is 6. The van der Waals surface area contributed by atoms with Gasteiger partial charge in [-0.15, -0.1) is 0 Å². The van der Waals surface area contributed by atoms with Gasteiger partial charge in [-0.2, -0.15) is 5.10 Å². The molecule has 0 saturated heterocycles. The monoisotopic (exact) mass is 415 g/mol. The number of aryl methyl sites for hydroxylation is 1. The van der Waals surface area contributed by atoms with E-state index in [1.807, 2.05) is 24.3 Å². The summed E-state index contributed by atoms with van der Waals surface area (Å²) in [5.41, 5.74) is 8.14. The first kappa shape index (κ1) is 19.9. The maximum absolute atomic E-state index is 12.2. The third kappa shape index (κ3) is 4.61. The summed E-state index contributed by atoms with van der Waals surface area (Å²) >= 11 is 5.88. The fraction of sp³-hybridized carbons (Fsp3) is 0.120. The number of nitrogens with one attached hydrogen (secondary N) is 1. The highest BCUT2D eigenvalue weighted by Gasteiger charge is 2.08. The zero-order valence-electron chi connectivity index (χ0n) is 16.7. The van der Waals surface area contributed by atoms with E-state index in [-0.39, 0.29) is 12.3 Å². The number of carbonyl (C=O) groups is 1. The Labute approximate surface area is 180 Å². The summed E-state index contributed by atoms with van der Waals surface area (Å²) in [6, 6.07) is 23.8. The minimum Gasteiger partial charge on any atom is -0.342 e. The fourth-order valence-corrected chi connectivity index (χ4v) is 3.61. The average molecular weight is 416 g/mol. The Morgan fingerprint density at radius 2 is 1.77 bits per heavy atom. The number of hydrogen-bond acceptors (Lipinski definition) is 2. The van der Waals surface area contributed by atoms with E-state index in [9.17, 15) is 4.79 Å². The molecule has 4 rings (SSSR count). The molecule has 1 amide bonds. The SMILES string of the molecule is Cc1ccccc1Cn1cc(/C=N\NC(=O)Cc2ccc(Cl)cc2)c2ccccc21. The predicted octanol–water partition coefficient (Wildman–Crippen LogP) is 5.34. The van der Waals surface area contributed by atoms with Crippen molar-refractivity contribution in [1.82, 2.24) is 9.99 Å². The van der Waals surface area contributed by atoms with Crippen molar-refractivity contribution >= 4 is 34.6 Å². The Hall–Kier alpha value is -3.37. The molecule has 0 aliphatic carbocycles. The van der Waals surface area contributed by atoms with Crippen LogP contribution in [0.15, 0.2) is 84.1 Å². The smallest absolute Gasteiger partial charge is 0.244 e. The summed E-state index contributed by atoms with van der Waals surface area (Å²) in [4.78, 5) is 12.2. The Morgan fingerprint density at radius 1 is 1.03 bits per heavy atom. The van der Waals surface area contributed by atoms with E-state index >= 15 is 0 Å². The Balaban J connectivity index is 1.50. The first-order valence-corrected chi connectivity index (χ1v) is 10.2. The maximum atomic E-state index is 12.2. The maximum Gasteiger partial charge on any atom is 0.244 e. The topological polar surface area (TPSA) is 46.4 Å². The van der Waals surface area contributed by atoms with Gasteiger partial charge in [-0.3, -0.25) is 4.79 Å². The number of amides is 1. The van der Waals surface area contributed by atoms with Gasteiger partial charge in [-0.25, -0.2) is 5.43 Å². The van der Waals surface area contributed by atoms with E-state index in [0.29, 0.717) is 5.02 Å². The Bertz CT molecular complexity index is 1210. The van der Waals surface area contributed by atoms with Crippen LogP contribution in [0.2, 0.25) is 5.02 Å². The van der Waals surface area contributed by atoms with Gasteiger partial charge in [0, 0.05) is 34.2 Å². The number of carbonyl (C=O) groups excluding carboxylic acids is 1. The van der Waals surface area contributed by atoms with Gasteiger partial charge in [-0.1, -0.05) is 66.2 Å². The highest BCUT2D eigenvalue weighted by molar-refractivity contribution is 6.30. The second-order valence-corrected chi connectivity index (χ2v) is 7.69. The van der Waals surface area contributed by atoms with Crippen LogP contribution in [-0.2, 0) is 17.8 Å². The number of hydrazone groups is 1. The van der Waals surface area contributed by atoms with Crippen LogP contribution in [0.4, 0.5) is 0 Å². The average Bonchev–Trinajstić information content (AvgIpc) is 3.09. The van der Waals surface area contributed by atoms with Crippen LogP contribution in [0.1, 0.15) is 22.3 Å². The molecule has 4 aromatic rings. The third-order valence-corrected chi connectivity index (χ3v) is 5.34. The van der Waals surface area contributed by atoms with Crippen molar-refractivity contribution in [1.29, 1.82) is 0 Å². The minimum absolute atomic E-state index is 0.169. The van der Waals surface area contributed by atoms with Gasteiger partial charge in [0.15, 0.2) is 0 Å².